The van der Waals surface area contributed by atoms with Gasteiger partial charge in [-0.3, -0.25) is 5.21 Å². The summed E-state index contributed by atoms with van der Waals surface area (Å²) in [6.07, 6.45) is 0. The summed E-state index contributed by atoms with van der Waals surface area (Å²) < 4.78 is 0.150. The number of halogens is 1. The summed E-state index contributed by atoms with van der Waals surface area (Å²) in [5.41, 5.74) is 0.424. The topological polar surface area (TPSA) is 60.8 Å². The zero-order valence-corrected chi connectivity index (χ0v) is 7.35. The first-order valence-electron chi connectivity index (χ1n) is 3.54. The van der Waals surface area contributed by atoms with Gasteiger partial charge in [0.25, 0.3) is 0 Å². The molecular formula is C8H8ClNO3. The van der Waals surface area contributed by atoms with Gasteiger partial charge in [-0.2, -0.15) is 0 Å². The number of hydroxylamine groups is 1. The van der Waals surface area contributed by atoms with Crippen molar-refractivity contribution in [3.8, 4) is 0 Å². The van der Waals surface area contributed by atoms with Gasteiger partial charge in [0, 0.05) is 11.8 Å². The molecule has 0 amide bonds. The molecule has 0 saturated heterocycles. The smallest absolute Gasteiger partial charge is 0.329 e. The Balaban J connectivity index is 2.96. The number of carboxylic acid groups (broad SMARTS) is 1. The molecule has 0 spiro atoms. The Morgan fingerprint density at radius 1 is 1.38 bits per heavy atom. The van der Waals surface area contributed by atoms with Crippen molar-refractivity contribution in [3.05, 3.63) is 35.9 Å². The summed E-state index contributed by atoms with van der Waals surface area (Å²) in [6.45, 7) is 0. The molecule has 13 heavy (non-hydrogen) atoms. The molecule has 1 aromatic carbocycles. The fourth-order valence-corrected chi connectivity index (χ4v) is 1.19. The van der Waals surface area contributed by atoms with Gasteiger partial charge >= 0.3 is 5.97 Å². The molecule has 0 heterocycles. The molecule has 70 valence electrons. The minimum Gasteiger partial charge on any atom is -0.480 e. The monoisotopic (exact) mass is 201 g/mol. The molecular weight excluding hydrogens is 194 g/mol. The number of hydrogen-bond acceptors (Lipinski definition) is 3. The first-order chi connectivity index (χ1) is 6.13. The lowest BCUT2D eigenvalue weighted by atomic mass is 10.1. The van der Waals surface area contributed by atoms with Crippen molar-refractivity contribution in [1.82, 2.24) is 4.58 Å². The van der Waals surface area contributed by atoms with Gasteiger partial charge in [0.2, 0.25) is 0 Å². The molecule has 0 aliphatic rings. The van der Waals surface area contributed by atoms with Crippen LogP contribution < -0.4 is 0 Å². The summed E-state index contributed by atoms with van der Waals surface area (Å²) in [5.74, 6) is -1.20. The Hall–Kier alpha value is -1.10. The lowest BCUT2D eigenvalue weighted by Crippen LogP contribution is -2.23. The largest absolute Gasteiger partial charge is 0.480 e. The predicted octanol–water partition coefficient (Wildman–Crippen LogP) is 1.66. The number of hydrogen-bond donors (Lipinski definition) is 2. The summed E-state index contributed by atoms with van der Waals surface area (Å²) in [5, 5.41) is 17.6. The van der Waals surface area contributed by atoms with Crippen LogP contribution in [0, 0.1) is 0 Å². The van der Waals surface area contributed by atoms with Crippen LogP contribution in [0.5, 0.6) is 0 Å². The van der Waals surface area contributed by atoms with E-state index in [4.69, 9.17) is 22.1 Å². The third-order valence-electron chi connectivity index (χ3n) is 1.56. The van der Waals surface area contributed by atoms with E-state index in [9.17, 15) is 4.79 Å². The highest BCUT2D eigenvalue weighted by Gasteiger charge is 2.24. The molecule has 0 aliphatic carbocycles. The van der Waals surface area contributed by atoms with Crippen LogP contribution in [0.2, 0.25) is 0 Å². The maximum atomic E-state index is 10.7. The van der Waals surface area contributed by atoms with Crippen molar-refractivity contribution in [2.24, 2.45) is 0 Å². The average Bonchev–Trinajstić information content (AvgIpc) is 2.04. The van der Waals surface area contributed by atoms with Crippen molar-refractivity contribution in [1.29, 1.82) is 0 Å². The second-order valence-electron chi connectivity index (χ2n) is 2.44. The number of carboxylic acids is 1. The van der Waals surface area contributed by atoms with Crippen molar-refractivity contribution in [2.45, 2.75) is 6.04 Å². The van der Waals surface area contributed by atoms with Crippen molar-refractivity contribution in [3.63, 3.8) is 0 Å². The number of aliphatic carboxylic acids is 1. The van der Waals surface area contributed by atoms with Crippen LogP contribution in [0.1, 0.15) is 11.6 Å². The van der Waals surface area contributed by atoms with Gasteiger partial charge < -0.3 is 5.11 Å². The molecule has 0 saturated carbocycles. The van der Waals surface area contributed by atoms with E-state index in [-0.39, 0.29) is 4.58 Å². The van der Waals surface area contributed by atoms with Crippen LogP contribution in [0.15, 0.2) is 30.3 Å². The number of nitrogens with zero attached hydrogens (tertiary/aromatic N) is 1. The third-order valence-corrected chi connectivity index (χ3v) is 1.76. The van der Waals surface area contributed by atoms with E-state index in [2.05, 4.69) is 0 Å². The second-order valence-corrected chi connectivity index (χ2v) is 2.79. The highest BCUT2D eigenvalue weighted by Crippen LogP contribution is 2.20. The van der Waals surface area contributed by atoms with Crippen LogP contribution >= 0.6 is 11.8 Å². The van der Waals surface area contributed by atoms with Gasteiger partial charge in [0.15, 0.2) is 6.04 Å². The zero-order valence-electron chi connectivity index (χ0n) is 6.59. The van der Waals surface area contributed by atoms with E-state index in [1.807, 2.05) is 0 Å². The maximum absolute atomic E-state index is 10.7. The molecule has 2 N–H and O–H groups in total. The van der Waals surface area contributed by atoms with Crippen molar-refractivity contribution >= 4 is 17.7 Å². The number of benzene rings is 1. The van der Waals surface area contributed by atoms with Gasteiger partial charge in [-0.25, -0.2) is 4.79 Å². The molecule has 0 aromatic heterocycles. The molecule has 1 unspecified atom stereocenters. The fraction of sp³-hybridized carbons (Fsp3) is 0.125. The van der Waals surface area contributed by atoms with Crippen LogP contribution in [-0.4, -0.2) is 20.9 Å². The molecule has 1 rings (SSSR count). The van der Waals surface area contributed by atoms with E-state index in [1.165, 1.54) is 0 Å². The Morgan fingerprint density at radius 2 is 1.92 bits per heavy atom. The van der Waals surface area contributed by atoms with Gasteiger partial charge in [-0.05, 0) is 5.56 Å². The molecule has 0 radical (unpaired) electrons. The van der Waals surface area contributed by atoms with Gasteiger partial charge in [-0.1, -0.05) is 34.9 Å². The average molecular weight is 202 g/mol. The first-order valence-corrected chi connectivity index (χ1v) is 3.88. The van der Waals surface area contributed by atoms with Crippen molar-refractivity contribution < 1.29 is 15.1 Å². The molecule has 5 heteroatoms. The highest BCUT2D eigenvalue weighted by atomic mass is 35.5. The van der Waals surface area contributed by atoms with Crippen LogP contribution in [-0.2, 0) is 4.79 Å². The summed E-state index contributed by atoms with van der Waals surface area (Å²) in [4.78, 5) is 10.7. The Morgan fingerprint density at radius 3 is 2.31 bits per heavy atom. The molecule has 1 atom stereocenters. The zero-order chi connectivity index (χ0) is 9.84. The van der Waals surface area contributed by atoms with E-state index in [0.29, 0.717) is 5.56 Å². The highest BCUT2D eigenvalue weighted by molar-refractivity contribution is 6.13. The minimum absolute atomic E-state index is 0.150. The molecule has 0 aliphatic heterocycles. The van der Waals surface area contributed by atoms with Crippen molar-refractivity contribution in [2.75, 3.05) is 0 Å². The lowest BCUT2D eigenvalue weighted by molar-refractivity contribution is -0.151. The predicted molar refractivity (Wildman–Crippen MR) is 46.3 cm³/mol. The Labute approximate surface area is 80.0 Å². The van der Waals surface area contributed by atoms with Gasteiger partial charge in [0.1, 0.15) is 0 Å². The number of rotatable bonds is 3. The van der Waals surface area contributed by atoms with E-state index < -0.39 is 12.0 Å². The molecule has 0 fully saturated rings. The Bertz CT molecular complexity index is 289. The van der Waals surface area contributed by atoms with E-state index in [0.717, 1.165) is 0 Å². The van der Waals surface area contributed by atoms with Gasteiger partial charge in [0.05, 0.1) is 0 Å². The third kappa shape index (κ3) is 2.42. The molecule has 0 bridgehead atoms. The summed E-state index contributed by atoms with van der Waals surface area (Å²) in [7, 11) is 0. The Kier molecular flexibility index (Phi) is 3.25. The molecule has 4 nitrogen and oxygen atoms in total. The van der Waals surface area contributed by atoms with Crippen LogP contribution in [0.3, 0.4) is 0 Å². The normalized spacial score (nSPS) is 12.8. The minimum atomic E-state index is -1.23. The quantitative estimate of drug-likeness (QED) is 0.577. The van der Waals surface area contributed by atoms with E-state index in [1.54, 1.807) is 30.3 Å². The SMILES string of the molecule is O=C(O)C(c1ccccc1)N(O)Cl. The van der Waals surface area contributed by atoms with E-state index >= 15 is 0 Å². The van der Waals surface area contributed by atoms with Crippen LogP contribution in [0.4, 0.5) is 0 Å². The number of carbonyl (C=O) groups is 1. The maximum Gasteiger partial charge on any atom is 0.329 e. The molecule has 1 aromatic rings. The summed E-state index contributed by atoms with van der Waals surface area (Å²) >= 11 is 5.18. The summed E-state index contributed by atoms with van der Waals surface area (Å²) in [6, 6.07) is 7.01. The standard InChI is InChI=1S/C8H8ClNO3/c9-10(13)7(8(11)12)6-4-2-1-3-5-6/h1-5,7,13H,(H,11,12). The lowest BCUT2D eigenvalue weighted by Gasteiger charge is -2.15. The second kappa shape index (κ2) is 4.23. The van der Waals surface area contributed by atoms with Crippen LogP contribution in [0.25, 0.3) is 0 Å². The first kappa shape index (κ1) is 9.98. The fourth-order valence-electron chi connectivity index (χ4n) is 0.992. The van der Waals surface area contributed by atoms with Gasteiger partial charge in [-0.15, -0.1) is 0 Å².